The zero-order valence-corrected chi connectivity index (χ0v) is 24.0. The van der Waals surface area contributed by atoms with E-state index in [9.17, 15) is 9.59 Å². The lowest BCUT2D eigenvalue weighted by atomic mass is 9.89. The lowest BCUT2D eigenvalue weighted by Crippen LogP contribution is -2.59. The molecule has 4 atom stereocenters. The van der Waals surface area contributed by atoms with Crippen LogP contribution in [0.4, 0.5) is 0 Å². The predicted molar refractivity (Wildman–Crippen MR) is 157 cm³/mol. The Kier molecular flexibility index (Phi) is 8.64. The van der Waals surface area contributed by atoms with E-state index in [-0.39, 0.29) is 17.9 Å². The normalized spacial score (nSPS) is 23.9. The summed E-state index contributed by atoms with van der Waals surface area (Å²) in [5.41, 5.74) is 3.36. The molecule has 1 saturated carbocycles. The lowest BCUT2D eigenvalue weighted by Gasteiger charge is -2.44. The molecule has 2 aliphatic heterocycles. The van der Waals surface area contributed by atoms with Crippen LogP contribution in [-0.2, 0) is 29.0 Å². The van der Waals surface area contributed by atoms with E-state index in [2.05, 4.69) is 37.7 Å². The number of rotatable bonds is 7. The van der Waals surface area contributed by atoms with Crippen molar-refractivity contribution in [2.45, 2.75) is 69.2 Å². The van der Waals surface area contributed by atoms with E-state index in [1.807, 2.05) is 52.3 Å². The van der Waals surface area contributed by atoms with Gasteiger partial charge in [0.2, 0.25) is 11.8 Å². The van der Waals surface area contributed by atoms with Crippen molar-refractivity contribution in [1.29, 1.82) is 0 Å². The number of benzene rings is 2. The van der Waals surface area contributed by atoms with Crippen molar-refractivity contribution in [2.75, 3.05) is 26.2 Å². The van der Waals surface area contributed by atoms with Crippen LogP contribution in [0.2, 0.25) is 5.02 Å². The number of hydrogen-bond acceptors (Lipinski definition) is 6. The van der Waals surface area contributed by atoms with Crippen molar-refractivity contribution >= 4 is 23.4 Å². The summed E-state index contributed by atoms with van der Waals surface area (Å²) in [7, 11) is 0. The molecule has 9 nitrogen and oxygen atoms in total. The summed E-state index contributed by atoms with van der Waals surface area (Å²) in [5.74, 6) is -0.163. The topological polar surface area (TPSA) is 95.4 Å². The maximum atomic E-state index is 13.9. The zero-order chi connectivity index (χ0) is 28.2. The number of piperazine rings is 1. The highest BCUT2D eigenvalue weighted by molar-refractivity contribution is 6.30. The van der Waals surface area contributed by atoms with Gasteiger partial charge in [-0.1, -0.05) is 60.8 Å². The van der Waals surface area contributed by atoms with Crippen molar-refractivity contribution in [2.24, 2.45) is 0 Å². The number of aromatic nitrogens is 3. The van der Waals surface area contributed by atoms with Gasteiger partial charge in [-0.3, -0.25) is 14.5 Å². The Morgan fingerprint density at radius 1 is 0.976 bits per heavy atom. The van der Waals surface area contributed by atoms with Crippen molar-refractivity contribution < 1.29 is 9.59 Å². The zero-order valence-electron chi connectivity index (χ0n) is 23.3. The summed E-state index contributed by atoms with van der Waals surface area (Å²) in [6, 6.07) is 15.4. The van der Waals surface area contributed by atoms with Gasteiger partial charge in [-0.05, 0) is 48.1 Å². The van der Waals surface area contributed by atoms with Gasteiger partial charge in [0.25, 0.3) is 0 Å². The molecule has 0 unspecified atom stereocenters. The molecule has 1 aromatic heterocycles. The molecule has 2 N–H and O–H groups in total. The Hall–Kier alpha value is -3.27. The smallest absolute Gasteiger partial charge is 0.245 e. The monoisotopic (exact) mass is 575 g/mol. The van der Waals surface area contributed by atoms with Gasteiger partial charge in [0.1, 0.15) is 18.7 Å². The number of nitrogens with one attached hydrogen (secondary N) is 2. The SMILES string of the molecule is O=C(N[C@H](Cc1ccc(Cl)cc1)C(=O)N1CCN([C@H]2CCCC[C@@H]2n2cncn2)CC1)[C@H]1Cc2ccccc2CN1. The minimum atomic E-state index is -0.647. The van der Waals surface area contributed by atoms with E-state index in [0.29, 0.717) is 49.6 Å². The first-order valence-electron chi connectivity index (χ1n) is 14.8. The van der Waals surface area contributed by atoms with Gasteiger partial charge < -0.3 is 15.5 Å². The minimum absolute atomic E-state index is 0.0272. The molecule has 10 heteroatoms. The summed E-state index contributed by atoms with van der Waals surface area (Å²) in [4.78, 5) is 36.0. The molecule has 1 aliphatic carbocycles. The molecule has 6 rings (SSSR count). The largest absolute Gasteiger partial charge is 0.343 e. The van der Waals surface area contributed by atoms with Crippen LogP contribution in [-0.4, -0.2) is 80.7 Å². The van der Waals surface area contributed by atoms with Gasteiger partial charge in [-0.15, -0.1) is 0 Å². The number of fused-ring (bicyclic) bond motifs is 1. The molecule has 3 heterocycles. The molecule has 0 spiro atoms. The quantitative estimate of drug-likeness (QED) is 0.450. The molecule has 41 heavy (non-hydrogen) atoms. The Morgan fingerprint density at radius 3 is 2.44 bits per heavy atom. The molecule has 3 aromatic rings. The van der Waals surface area contributed by atoms with Crippen LogP contribution in [0.1, 0.15) is 48.4 Å². The number of carbonyl (C=O) groups excluding carboxylic acids is 2. The van der Waals surface area contributed by atoms with Gasteiger partial charge >= 0.3 is 0 Å². The van der Waals surface area contributed by atoms with E-state index in [0.717, 1.165) is 31.5 Å². The van der Waals surface area contributed by atoms with Crippen molar-refractivity contribution in [3.05, 3.63) is 82.9 Å². The van der Waals surface area contributed by atoms with Crippen LogP contribution in [0.3, 0.4) is 0 Å². The molecule has 2 fully saturated rings. The fourth-order valence-corrected chi connectivity index (χ4v) is 6.80. The van der Waals surface area contributed by atoms with Crippen LogP contribution in [0.25, 0.3) is 0 Å². The highest BCUT2D eigenvalue weighted by Gasteiger charge is 2.36. The molecule has 2 amide bonds. The Morgan fingerprint density at radius 2 is 1.71 bits per heavy atom. The second-order valence-electron chi connectivity index (χ2n) is 11.5. The third kappa shape index (κ3) is 6.47. The van der Waals surface area contributed by atoms with Gasteiger partial charge in [-0.25, -0.2) is 9.67 Å². The van der Waals surface area contributed by atoms with Gasteiger partial charge in [0.15, 0.2) is 0 Å². The first kappa shape index (κ1) is 27.9. The maximum Gasteiger partial charge on any atom is 0.245 e. The molecular formula is C31H38ClN7O2. The van der Waals surface area contributed by atoms with Crippen molar-refractivity contribution in [3.8, 4) is 0 Å². The Labute approximate surface area is 246 Å². The van der Waals surface area contributed by atoms with Crippen LogP contribution >= 0.6 is 11.6 Å². The highest BCUT2D eigenvalue weighted by atomic mass is 35.5. The molecule has 1 saturated heterocycles. The predicted octanol–water partition coefficient (Wildman–Crippen LogP) is 3.00. The number of halogens is 1. The van der Waals surface area contributed by atoms with Crippen LogP contribution < -0.4 is 10.6 Å². The molecule has 0 radical (unpaired) electrons. The van der Waals surface area contributed by atoms with E-state index in [1.54, 1.807) is 6.33 Å². The number of nitrogens with zero attached hydrogens (tertiary/aromatic N) is 5. The lowest BCUT2D eigenvalue weighted by molar-refractivity contribution is -0.138. The van der Waals surface area contributed by atoms with Crippen molar-refractivity contribution in [3.63, 3.8) is 0 Å². The number of amides is 2. The first-order chi connectivity index (χ1) is 20.0. The molecule has 216 valence electrons. The summed E-state index contributed by atoms with van der Waals surface area (Å²) >= 11 is 6.11. The third-order valence-electron chi connectivity index (χ3n) is 8.93. The summed E-state index contributed by atoms with van der Waals surface area (Å²) in [5, 5.41) is 11.6. The van der Waals surface area contributed by atoms with E-state index in [1.165, 1.54) is 24.0 Å². The molecule has 3 aliphatic rings. The average molecular weight is 576 g/mol. The number of carbonyl (C=O) groups is 2. The Balaban J connectivity index is 1.12. The first-order valence-corrected chi connectivity index (χ1v) is 15.1. The van der Waals surface area contributed by atoms with E-state index >= 15 is 0 Å². The fraction of sp³-hybridized carbons (Fsp3) is 0.484. The highest BCUT2D eigenvalue weighted by Crippen LogP contribution is 2.32. The summed E-state index contributed by atoms with van der Waals surface area (Å²) in [6.07, 6.45) is 9.11. The van der Waals surface area contributed by atoms with Gasteiger partial charge in [-0.2, -0.15) is 5.10 Å². The van der Waals surface area contributed by atoms with E-state index < -0.39 is 6.04 Å². The minimum Gasteiger partial charge on any atom is -0.343 e. The second kappa shape index (κ2) is 12.7. The maximum absolute atomic E-state index is 13.9. The Bertz CT molecular complexity index is 1320. The van der Waals surface area contributed by atoms with E-state index in [4.69, 9.17) is 11.6 Å². The van der Waals surface area contributed by atoms with Gasteiger partial charge in [0.05, 0.1) is 12.1 Å². The van der Waals surface area contributed by atoms with Crippen LogP contribution in [0.5, 0.6) is 0 Å². The molecular weight excluding hydrogens is 538 g/mol. The van der Waals surface area contributed by atoms with Crippen LogP contribution in [0.15, 0.2) is 61.2 Å². The van der Waals surface area contributed by atoms with Crippen molar-refractivity contribution in [1.82, 2.24) is 35.2 Å². The third-order valence-corrected chi connectivity index (χ3v) is 9.18. The fourth-order valence-electron chi connectivity index (χ4n) is 6.68. The molecule has 2 aromatic carbocycles. The number of hydrogen-bond donors (Lipinski definition) is 2. The second-order valence-corrected chi connectivity index (χ2v) is 11.9. The molecule has 0 bridgehead atoms. The summed E-state index contributed by atoms with van der Waals surface area (Å²) < 4.78 is 2.01. The van der Waals surface area contributed by atoms with Crippen LogP contribution in [0, 0.1) is 0 Å². The standard InChI is InChI=1S/C31H38ClN7O2/c32-25-11-9-22(10-12-25)17-27(36-30(40)26-18-23-5-1-2-6-24(23)19-34-26)31(41)38-15-13-37(14-16-38)28-7-3-4-8-29(28)39-21-33-20-35-39/h1-2,5-6,9-12,20-21,26-29,34H,3-4,7-8,13-19H2,(H,36,40)/t26-,27-,28+,29+/m1/s1. The average Bonchev–Trinajstić information content (AvgIpc) is 3.56. The van der Waals surface area contributed by atoms with Gasteiger partial charge in [0, 0.05) is 50.2 Å². The summed E-state index contributed by atoms with van der Waals surface area (Å²) in [6.45, 7) is 3.54.